The summed E-state index contributed by atoms with van der Waals surface area (Å²) in [4.78, 5) is 21.7. The molecular formula is C12H18O6. The maximum Gasteiger partial charge on any atom is 0.303 e. The molecule has 0 spiro atoms. The number of carbonyl (C=O) groups is 2. The molecule has 0 aromatic rings. The van der Waals surface area contributed by atoms with Gasteiger partial charge in [-0.2, -0.15) is 0 Å². The fourth-order valence-corrected chi connectivity index (χ4v) is 1.52. The summed E-state index contributed by atoms with van der Waals surface area (Å²) in [5.41, 5.74) is 0. The van der Waals surface area contributed by atoms with Crippen LogP contribution in [0.15, 0.2) is 12.2 Å². The van der Waals surface area contributed by atoms with Gasteiger partial charge in [0.2, 0.25) is 0 Å². The van der Waals surface area contributed by atoms with E-state index < -0.39 is 30.4 Å². The van der Waals surface area contributed by atoms with Crippen molar-refractivity contribution in [3.8, 4) is 0 Å². The van der Waals surface area contributed by atoms with E-state index in [1.807, 2.05) is 6.92 Å². The molecule has 1 heterocycles. The number of carbonyl (C=O) groups excluding carboxylic acids is 2. The molecule has 0 aromatic heterocycles. The fourth-order valence-electron chi connectivity index (χ4n) is 1.52. The van der Waals surface area contributed by atoms with Gasteiger partial charge in [-0.3, -0.25) is 9.59 Å². The van der Waals surface area contributed by atoms with E-state index >= 15 is 0 Å². The number of ether oxygens (including phenoxy) is 4. The van der Waals surface area contributed by atoms with Gasteiger partial charge in [0.1, 0.15) is 18.8 Å². The molecule has 6 heteroatoms. The third kappa shape index (κ3) is 4.85. The van der Waals surface area contributed by atoms with Crippen LogP contribution in [0.3, 0.4) is 0 Å². The molecular weight excluding hydrogens is 240 g/mol. The zero-order valence-corrected chi connectivity index (χ0v) is 10.8. The lowest BCUT2D eigenvalue weighted by atomic mass is 10.1. The van der Waals surface area contributed by atoms with Crippen molar-refractivity contribution in [1.29, 1.82) is 0 Å². The Morgan fingerprint density at radius 1 is 1.22 bits per heavy atom. The summed E-state index contributed by atoms with van der Waals surface area (Å²) in [6.45, 7) is 4.97. The van der Waals surface area contributed by atoms with Gasteiger partial charge in [0.25, 0.3) is 0 Å². The standard InChI is InChI=1S/C12H18O6/c1-4-15-12-6-5-10(17-9(3)14)11(18-12)7-16-8(2)13/h5-6,10-12H,4,7H2,1-3H3/t10-,11-,12-/m0/s1. The van der Waals surface area contributed by atoms with Gasteiger partial charge in [0.05, 0.1) is 0 Å². The Labute approximate surface area is 106 Å². The van der Waals surface area contributed by atoms with Crippen molar-refractivity contribution in [3.05, 3.63) is 12.2 Å². The predicted octanol–water partition coefficient (Wildman–Crippen LogP) is 0.799. The second-order valence-corrected chi connectivity index (χ2v) is 3.76. The first-order chi connectivity index (χ1) is 8.52. The van der Waals surface area contributed by atoms with Crippen molar-refractivity contribution in [2.24, 2.45) is 0 Å². The van der Waals surface area contributed by atoms with Crippen LogP contribution in [0.4, 0.5) is 0 Å². The van der Waals surface area contributed by atoms with Gasteiger partial charge in [-0.1, -0.05) is 0 Å². The third-order valence-electron chi connectivity index (χ3n) is 2.22. The first-order valence-corrected chi connectivity index (χ1v) is 5.79. The van der Waals surface area contributed by atoms with Gasteiger partial charge >= 0.3 is 11.9 Å². The minimum atomic E-state index is -0.571. The van der Waals surface area contributed by atoms with Crippen LogP contribution in [0.5, 0.6) is 0 Å². The van der Waals surface area contributed by atoms with Crippen molar-refractivity contribution in [2.45, 2.75) is 39.3 Å². The smallest absolute Gasteiger partial charge is 0.303 e. The molecule has 0 unspecified atom stereocenters. The van der Waals surface area contributed by atoms with Crippen LogP contribution in [0, 0.1) is 0 Å². The molecule has 0 fully saturated rings. The van der Waals surface area contributed by atoms with E-state index in [-0.39, 0.29) is 6.61 Å². The predicted molar refractivity (Wildman–Crippen MR) is 61.6 cm³/mol. The average molecular weight is 258 g/mol. The van der Waals surface area contributed by atoms with Crippen LogP contribution < -0.4 is 0 Å². The van der Waals surface area contributed by atoms with Crippen LogP contribution in [0.1, 0.15) is 20.8 Å². The lowest BCUT2D eigenvalue weighted by Gasteiger charge is -2.31. The maximum absolute atomic E-state index is 11.0. The summed E-state index contributed by atoms with van der Waals surface area (Å²) in [5, 5.41) is 0. The van der Waals surface area contributed by atoms with Gasteiger partial charge in [-0.25, -0.2) is 0 Å². The van der Waals surface area contributed by atoms with E-state index in [9.17, 15) is 9.59 Å². The van der Waals surface area contributed by atoms with E-state index in [0.29, 0.717) is 6.61 Å². The summed E-state index contributed by atoms with van der Waals surface area (Å²) < 4.78 is 20.8. The maximum atomic E-state index is 11.0. The molecule has 1 rings (SSSR count). The zero-order valence-electron chi connectivity index (χ0n) is 10.8. The number of esters is 2. The molecule has 102 valence electrons. The van der Waals surface area contributed by atoms with Crippen molar-refractivity contribution in [3.63, 3.8) is 0 Å². The molecule has 0 aliphatic carbocycles. The summed E-state index contributed by atoms with van der Waals surface area (Å²) in [5.74, 6) is -0.835. The van der Waals surface area contributed by atoms with Crippen LogP contribution in [0.25, 0.3) is 0 Å². The van der Waals surface area contributed by atoms with Crippen molar-refractivity contribution < 1.29 is 28.5 Å². The largest absolute Gasteiger partial charge is 0.463 e. The first kappa shape index (κ1) is 14.7. The molecule has 0 radical (unpaired) electrons. The Balaban J connectivity index is 2.62. The summed E-state index contributed by atoms with van der Waals surface area (Å²) >= 11 is 0. The Morgan fingerprint density at radius 2 is 1.94 bits per heavy atom. The Kier molecular flexibility index (Phi) is 5.80. The number of hydrogen-bond acceptors (Lipinski definition) is 6. The lowest BCUT2D eigenvalue weighted by molar-refractivity contribution is -0.195. The highest BCUT2D eigenvalue weighted by Gasteiger charge is 2.30. The fraction of sp³-hybridized carbons (Fsp3) is 0.667. The Morgan fingerprint density at radius 3 is 2.50 bits per heavy atom. The molecule has 1 aliphatic rings. The summed E-state index contributed by atoms with van der Waals surface area (Å²) in [7, 11) is 0. The number of rotatable bonds is 5. The first-order valence-electron chi connectivity index (χ1n) is 5.79. The van der Waals surface area contributed by atoms with E-state index in [0.717, 1.165) is 0 Å². The topological polar surface area (TPSA) is 71.1 Å². The normalized spacial score (nSPS) is 26.7. The van der Waals surface area contributed by atoms with E-state index in [4.69, 9.17) is 18.9 Å². The van der Waals surface area contributed by atoms with Crippen molar-refractivity contribution >= 4 is 11.9 Å². The molecule has 0 aromatic carbocycles. The van der Waals surface area contributed by atoms with Crippen molar-refractivity contribution in [1.82, 2.24) is 0 Å². The molecule has 6 nitrogen and oxygen atoms in total. The molecule has 0 bridgehead atoms. The average Bonchev–Trinajstić information content (AvgIpc) is 2.28. The Hall–Kier alpha value is -1.40. The van der Waals surface area contributed by atoms with E-state index in [1.165, 1.54) is 13.8 Å². The summed E-state index contributed by atoms with van der Waals surface area (Å²) in [6, 6.07) is 0. The molecule has 18 heavy (non-hydrogen) atoms. The molecule has 3 atom stereocenters. The zero-order chi connectivity index (χ0) is 13.5. The molecule has 1 aliphatic heterocycles. The number of hydrogen-bond donors (Lipinski definition) is 0. The second-order valence-electron chi connectivity index (χ2n) is 3.76. The monoisotopic (exact) mass is 258 g/mol. The van der Waals surface area contributed by atoms with Crippen molar-refractivity contribution in [2.75, 3.05) is 13.2 Å². The van der Waals surface area contributed by atoms with E-state index in [1.54, 1.807) is 12.2 Å². The minimum Gasteiger partial charge on any atom is -0.463 e. The highest BCUT2D eigenvalue weighted by atomic mass is 16.7. The van der Waals surface area contributed by atoms with Gasteiger partial charge < -0.3 is 18.9 Å². The second kappa shape index (κ2) is 7.13. The van der Waals surface area contributed by atoms with Crippen LogP contribution in [-0.4, -0.2) is 43.7 Å². The van der Waals surface area contributed by atoms with Gasteiger partial charge in [-0.15, -0.1) is 0 Å². The van der Waals surface area contributed by atoms with Crippen LogP contribution in [-0.2, 0) is 28.5 Å². The lowest BCUT2D eigenvalue weighted by Crippen LogP contribution is -2.42. The molecule has 0 amide bonds. The quantitative estimate of drug-likeness (QED) is 0.536. The van der Waals surface area contributed by atoms with Crippen LogP contribution >= 0.6 is 0 Å². The minimum absolute atomic E-state index is 0.0151. The molecule has 0 N–H and O–H groups in total. The molecule has 0 saturated heterocycles. The molecule has 0 saturated carbocycles. The SMILES string of the molecule is CCO[C@@H]1C=C[C@H](OC(C)=O)[C@H](COC(C)=O)O1. The van der Waals surface area contributed by atoms with Gasteiger partial charge in [0, 0.05) is 20.5 Å². The van der Waals surface area contributed by atoms with Crippen LogP contribution in [0.2, 0.25) is 0 Å². The third-order valence-corrected chi connectivity index (χ3v) is 2.22. The Bertz CT molecular complexity index is 325. The summed E-state index contributed by atoms with van der Waals surface area (Å²) in [6.07, 6.45) is 1.71. The highest BCUT2D eigenvalue weighted by Crippen LogP contribution is 2.17. The van der Waals surface area contributed by atoms with Gasteiger partial charge in [-0.05, 0) is 19.1 Å². The van der Waals surface area contributed by atoms with Gasteiger partial charge in [0.15, 0.2) is 6.29 Å². The van der Waals surface area contributed by atoms with E-state index in [2.05, 4.69) is 0 Å². The highest BCUT2D eigenvalue weighted by molar-refractivity contribution is 5.66.